The van der Waals surface area contributed by atoms with E-state index in [2.05, 4.69) is 11.8 Å². The molecule has 0 spiro atoms. The largest absolute Gasteiger partial charge is 0.481 e. The summed E-state index contributed by atoms with van der Waals surface area (Å²) < 4.78 is 39.6. The zero-order chi connectivity index (χ0) is 24.3. The quantitative estimate of drug-likeness (QED) is 0.419. The van der Waals surface area contributed by atoms with Crippen LogP contribution in [0, 0.1) is 17.3 Å². The van der Waals surface area contributed by atoms with Gasteiger partial charge in [0.25, 0.3) is 0 Å². The number of hydrogen-bond acceptors (Lipinski definition) is 2. The second kappa shape index (κ2) is 10.6. The summed E-state index contributed by atoms with van der Waals surface area (Å²) >= 11 is 0. The second-order valence-electron chi connectivity index (χ2n) is 11.7. The van der Waals surface area contributed by atoms with Gasteiger partial charge in [0.2, 0.25) is 0 Å². The number of hydrogen-bond donors (Lipinski definition) is 1. The van der Waals surface area contributed by atoms with Crippen LogP contribution in [0.1, 0.15) is 101 Å². The molecule has 3 aliphatic rings. The zero-order valence-electron chi connectivity index (χ0n) is 20.5. The highest BCUT2D eigenvalue weighted by Gasteiger charge is 2.40. The van der Waals surface area contributed by atoms with E-state index in [1.165, 1.54) is 63.5 Å². The molecule has 34 heavy (non-hydrogen) atoms. The molecule has 1 aromatic carbocycles. The monoisotopic (exact) mass is 479 g/mol. The number of halogens is 3. The second-order valence-corrected chi connectivity index (χ2v) is 11.7. The molecule has 4 rings (SSSR count). The summed E-state index contributed by atoms with van der Waals surface area (Å²) in [5.74, 6) is 0.0779. The average Bonchev–Trinajstić information content (AvgIpc) is 3.44. The highest BCUT2D eigenvalue weighted by molar-refractivity contribution is 5.67. The number of carboxylic acids is 1. The summed E-state index contributed by atoms with van der Waals surface area (Å²) in [7, 11) is 0. The van der Waals surface area contributed by atoms with Crippen LogP contribution in [-0.4, -0.2) is 35.1 Å². The van der Waals surface area contributed by atoms with Gasteiger partial charge in [-0.05, 0) is 85.8 Å². The number of alkyl halides is 3. The van der Waals surface area contributed by atoms with Crippen molar-refractivity contribution in [3.8, 4) is 0 Å². The van der Waals surface area contributed by atoms with Crippen LogP contribution in [0.5, 0.6) is 0 Å². The van der Waals surface area contributed by atoms with Crippen LogP contribution in [-0.2, 0) is 11.0 Å². The van der Waals surface area contributed by atoms with E-state index in [4.69, 9.17) is 0 Å². The molecule has 190 valence electrons. The topological polar surface area (TPSA) is 40.5 Å². The Hall–Kier alpha value is -1.56. The number of carbonyl (C=O) groups is 1. The fourth-order valence-corrected chi connectivity index (χ4v) is 7.11. The van der Waals surface area contributed by atoms with Gasteiger partial charge in [-0.15, -0.1) is 0 Å². The van der Waals surface area contributed by atoms with Gasteiger partial charge in [0.1, 0.15) is 0 Å². The van der Waals surface area contributed by atoms with Gasteiger partial charge in [0, 0.05) is 25.6 Å². The molecular weight excluding hydrogens is 439 g/mol. The summed E-state index contributed by atoms with van der Waals surface area (Å²) in [4.78, 5) is 14.1. The van der Waals surface area contributed by atoms with E-state index < -0.39 is 17.7 Å². The summed E-state index contributed by atoms with van der Waals surface area (Å²) in [6.07, 6.45) is 8.51. The smallest absolute Gasteiger partial charge is 0.416 e. The predicted molar refractivity (Wildman–Crippen MR) is 128 cm³/mol. The van der Waals surface area contributed by atoms with Gasteiger partial charge in [-0.1, -0.05) is 44.7 Å². The molecule has 6 heteroatoms. The first-order chi connectivity index (χ1) is 16.1. The third kappa shape index (κ3) is 6.35. The minimum atomic E-state index is -4.35. The lowest BCUT2D eigenvalue weighted by Crippen LogP contribution is -2.48. The molecular formula is C28H40F3NO2. The number of nitrogens with zero attached hydrogens (tertiary/aromatic N) is 1. The van der Waals surface area contributed by atoms with Gasteiger partial charge >= 0.3 is 12.1 Å². The predicted octanol–water partition coefficient (Wildman–Crippen LogP) is 7.50. The zero-order valence-corrected chi connectivity index (χ0v) is 20.5. The summed E-state index contributed by atoms with van der Waals surface area (Å²) in [5, 5.41) is 9.40. The molecule has 3 saturated carbocycles. The molecule has 0 saturated heterocycles. The lowest BCUT2D eigenvalue weighted by molar-refractivity contribution is -0.139. The van der Waals surface area contributed by atoms with Crippen LogP contribution < -0.4 is 0 Å². The Balaban J connectivity index is 1.61. The Bertz CT molecular complexity index is 810. The number of aliphatic carboxylic acids is 1. The fraction of sp³-hybridized carbons (Fsp3) is 0.750. The van der Waals surface area contributed by atoms with Crippen molar-refractivity contribution in [3.63, 3.8) is 0 Å². The molecule has 0 aromatic heterocycles. The Morgan fingerprint density at radius 2 is 1.65 bits per heavy atom. The molecule has 0 amide bonds. The Morgan fingerprint density at radius 3 is 2.24 bits per heavy atom. The molecule has 0 heterocycles. The minimum absolute atomic E-state index is 0.0757. The molecule has 0 radical (unpaired) electrons. The lowest BCUT2D eigenvalue weighted by Gasteiger charge is -2.46. The highest BCUT2D eigenvalue weighted by atomic mass is 19.4. The third-order valence-electron chi connectivity index (χ3n) is 8.88. The summed E-state index contributed by atoms with van der Waals surface area (Å²) in [6, 6.07) is 5.96. The van der Waals surface area contributed by atoms with Crippen LogP contribution in [0.3, 0.4) is 0 Å². The third-order valence-corrected chi connectivity index (χ3v) is 8.88. The maximum atomic E-state index is 13.2. The molecule has 3 nitrogen and oxygen atoms in total. The average molecular weight is 480 g/mol. The fourth-order valence-electron chi connectivity index (χ4n) is 7.11. The minimum Gasteiger partial charge on any atom is -0.481 e. The van der Waals surface area contributed by atoms with Crippen molar-refractivity contribution in [1.82, 2.24) is 4.90 Å². The molecule has 3 fully saturated rings. The maximum absolute atomic E-state index is 13.2. The van der Waals surface area contributed by atoms with Crippen LogP contribution >= 0.6 is 0 Å². The first-order valence-corrected chi connectivity index (χ1v) is 13.3. The molecule has 0 aliphatic heterocycles. The van der Waals surface area contributed by atoms with Gasteiger partial charge in [0.15, 0.2) is 0 Å². The maximum Gasteiger partial charge on any atom is 0.416 e. The van der Waals surface area contributed by atoms with Crippen LogP contribution in [0.25, 0.3) is 0 Å². The van der Waals surface area contributed by atoms with Crippen molar-refractivity contribution < 1.29 is 23.1 Å². The number of benzene rings is 1. The van der Waals surface area contributed by atoms with Gasteiger partial charge < -0.3 is 5.11 Å². The Labute approximate surface area is 202 Å². The van der Waals surface area contributed by atoms with Crippen molar-refractivity contribution in [2.45, 2.75) is 102 Å². The number of carboxylic acid groups (broad SMARTS) is 1. The standard InChI is InChI=1S/C28H40F3NO2/c1-27(14-4-5-15-27)19-32(18-20-6-2-3-7-20)25-13-8-21(17-26(33)34)16-24(25)22-9-11-23(12-10-22)28(29,30)31/h9-12,20-21,24-25H,2-8,13-19H2,1H3,(H,33,34)/t21-,24+,25-/m1/s1. The van der Waals surface area contributed by atoms with Crippen molar-refractivity contribution in [3.05, 3.63) is 35.4 Å². The molecule has 3 atom stereocenters. The van der Waals surface area contributed by atoms with Gasteiger partial charge in [-0.25, -0.2) is 0 Å². The van der Waals surface area contributed by atoms with Gasteiger partial charge in [-0.2, -0.15) is 13.2 Å². The van der Waals surface area contributed by atoms with Gasteiger partial charge in [-0.3, -0.25) is 9.69 Å². The van der Waals surface area contributed by atoms with Crippen molar-refractivity contribution in [2.75, 3.05) is 13.1 Å². The van der Waals surface area contributed by atoms with E-state index in [0.717, 1.165) is 37.9 Å². The molecule has 1 aromatic rings. The Morgan fingerprint density at radius 1 is 1.00 bits per heavy atom. The first kappa shape index (κ1) is 25.5. The molecule has 0 unspecified atom stereocenters. The van der Waals surface area contributed by atoms with Crippen molar-refractivity contribution >= 4 is 5.97 Å². The van der Waals surface area contributed by atoms with Crippen LogP contribution in [0.15, 0.2) is 24.3 Å². The first-order valence-electron chi connectivity index (χ1n) is 13.3. The molecule has 0 bridgehead atoms. The van der Waals surface area contributed by atoms with E-state index in [0.29, 0.717) is 11.3 Å². The van der Waals surface area contributed by atoms with Crippen LogP contribution in [0.2, 0.25) is 0 Å². The summed E-state index contributed by atoms with van der Waals surface area (Å²) in [5.41, 5.74) is 0.620. The van der Waals surface area contributed by atoms with Gasteiger partial charge in [0.05, 0.1) is 5.56 Å². The molecule has 3 aliphatic carbocycles. The SMILES string of the molecule is CC1(CN(CC2CCCC2)[C@@H]2CC[C@@H](CC(=O)O)C[C@H]2c2ccc(C(F)(F)F)cc2)CCCC1. The molecule has 1 N–H and O–H groups in total. The van der Waals surface area contributed by atoms with E-state index >= 15 is 0 Å². The van der Waals surface area contributed by atoms with E-state index in [-0.39, 0.29) is 24.3 Å². The van der Waals surface area contributed by atoms with E-state index in [9.17, 15) is 23.1 Å². The number of rotatable bonds is 8. The highest BCUT2D eigenvalue weighted by Crippen LogP contribution is 2.45. The van der Waals surface area contributed by atoms with Crippen molar-refractivity contribution in [2.24, 2.45) is 17.3 Å². The normalized spacial score (nSPS) is 28.0. The van der Waals surface area contributed by atoms with Crippen molar-refractivity contribution in [1.29, 1.82) is 0 Å². The summed E-state index contributed by atoms with van der Waals surface area (Å²) in [6.45, 7) is 4.53. The van der Waals surface area contributed by atoms with E-state index in [1.807, 2.05) is 0 Å². The van der Waals surface area contributed by atoms with Crippen LogP contribution in [0.4, 0.5) is 13.2 Å². The van der Waals surface area contributed by atoms with E-state index in [1.54, 1.807) is 12.1 Å². The lowest BCUT2D eigenvalue weighted by atomic mass is 9.72. The Kier molecular flexibility index (Phi) is 7.95.